The summed E-state index contributed by atoms with van der Waals surface area (Å²) in [5, 5.41) is 8.02. The number of nitrogens with zero attached hydrogens (tertiary/aromatic N) is 5. The number of rotatable bonds is 8. The summed E-state index contributed by atoms with van der Waals surface area (Å²) in [5.41, 5.74) is 5.05. The Bertz CT molecular complexity index is 782. The number of aromatic nitrogens is 3. The van der Waals surface area contributed by atoms with Gasteiger partial charge in [0.1, 0.15) is 25.1 Å². The number of hydrogen-bond acceptors (Lipinski definition) is 7. The molecule has 138 valence electrons. The third-order valence-electron chi connectivity index (χ3n) is 3.58. The van der Waals surface area contributed by atoms with Crippen molar-refractivity contribution in [1.29, 1.82) is 0 Å². The monoisotopic (exact) mass is 355 g/mol. The van der Waals surface area contributed by atoms with Gasteiger partial charge in [-0.3, -0.25) is 4.98 Å². The highest BCUT2D eigenvalue weighted by atomic mass is 16.6. The minimum atomic E-state index is 0.499. The molecule has 0 atom stereocenters. The highest BCUT2D eigenvalue weighted by Gasteiger charge is 2.05. The molecular formula is C19H25N5O2. The zero-order valence-corrected chi connectivity index (χ0v) is 16.0. The fourth-order valence-electron chi connectivity index (χ4n) is 2.39. The van der Waals surface area contributed by atoms with E-state index >= 15 is 0 Å². The Morgan fingerprint density at radius 3 is 2.42 bits per heavy atom. The Balaban J connectivity index is 1.85. The lowest BCUT2D eigenvalue weighted by Crippen LogP contribution is -2.06. The molecule has 0 aliphatic heterocycles. The van der Waals surface area contributed by atoms with Crippen molar-refractivity contribution in [2.45, 2.75) is 40.5 Å². The minimum absolute atomic E-state index is 0.499. The van der Waals surface area contributed by atoms with E-state index < -0.39 is 0 Å². The molecule has 0 radical (unpaired) electrons. The average Bonchev–Trinajstić information content (AvgIpc) is 2.61. The van der Waals surface area contributed by atoms with Gasteiger partial charge in [-0.2, -0.15) is 0 Å². The van der Waals surface area contributed by atoms with Gasteiger partial charge in [0.05, 0.1) is 5.69 Å². The average molecular weight is 355 g/mol. The molecule has 0 aromatic carbocycles. The largest absolute Gasteiger partial charge is 0.399 e. The molecular weight excluding hydrogens is 330 g/mol. The van der Waals surface area contributed by atoms with Gasteiger partial charge in [0.25, 0.3) is 0 Å². The second kappa shape index (κ2) is 9.60. The first kappa shape index (κ1) is 19.5. The van der Waals surface area contributed by atoms with Crippen molar-refractivity contribution in [2.75, 3.05) is 13.7 Å². The molecule has 0 aliphatic carbocycles. The Labute approximate surface area is 154 Å². The van der Waals surface area contributed by atoms with E-state index in [4.69, 9.17) is 9.68 Å². The van der Waals surface area contributed by atoms with E-state index in [2.05, 4.69) is 25.3 Å². The van der Waals surface area contributed by atoms with Crippen molar-refractivity contribution < 1.29 is 9.68 Å². The summed E-state index contributed by atoms with van der Waals surface area (Å²) in [6.07, 6.45) is 1.60. The van der Waals surface area contributed by atoms with E-state index in [-0.39, 0.29) is 0 Å². The van der Waals surface area contributed by atoms with Gasteiger partial charge in [-0.25, -0.2) is 9.97 Å². The van der Waals surface area contributed by atoms with Crippen LogP contribution in [0, 0.1) is 13.8 Å². The Hall–Kier alpha value is -2.83. The summed E-state index contributed by atoms with van der Waals surface area (Å²) in [7, 11) is 1.52. The molecule has 0 spiro atoms. The first-order chi connectivity index (χ1) is 12.5. The van der Waals surface area contributed by atoms with Gasteiger partial charge >= 0.3 is 0 Å². The molecule has 2 rings (SSSR count). The van der Waals surface area contributed by atoms with Gasteiger partial charge in [0.2, 0.25) is 0 Å². The zero-order valence-electron chi connectivity index (χ0n) is 16.0. The second-order valence-electron chi connectivity index (χ2n) is 5.96. The van der Waals surface area contributed by atoms with Crippen molar-refractivity contribution in [3.8, 4) is 0 Å². The van der Waals surface area contributed by atoms with E-state index in [0.717, 1.165) is 41.3 Å². The highest BCUT2D eigenvalue weighted by molar-refractivity contribution is 5.96. The predicted molar refractivity (Wildman–Crippen MR) is 101 cm³/mol. The second-order valence-corrected chi connectivity index (χ2v) is 5.96. The quantitative estimate of drug-likeness (QED) is 0.412. The van der Waals surface area contributed by atoms with Crippen LogP contribution in [0.1, 0.15) is 48.9 Å². The lowest BCUT2D eigenvalue weighted by molar-refractivity contribution is 0.141. The molecule has 2 aromatic heterocycles. The van der Waals surface area contributed by atoms with Gasteiger partial charge < -0.3 is 9.68 Å². The van der Waals surface area contributed by atoms with Crippen LogP contribution in [0.15, 0.2) is 34.6 Å². The van der Waals surface area contributed by atoms with Gasteiger partial charge in [-0.05, 0) is 58.7 Å². The van der Waals surface area contributed by atoms with E-state index in [1.165, 1.54) is 7.11 Å². The third kappa shape index (κ3) is 5.91. The molecule has 26 heavy (non-hydrogen) atoms. The van der Waals surface area contributed by atoms with Crippen molar-refractivity contribution >= 4 is 11.4 Å². The molecule has 2 aromatic rings. The van der Waals surface area contributed by atoms with Crippen LogP contribution in [0.4, 0.5) is 0 Å². The summed E-state index contributed by atoms with van der Waals surface area (Å²) in [5.74, 6) is 0.602. The summed E-state index contributed by atoms with van der Waals surface area (Å²) >= 11 is 0. The van der Waals surface area contributed by atoms with Crippen LogP contribution in [0.5, 0.6) is 0 Å². The molecule has 0 aliphatic rings. The van der Waals surface area contributed by atoms with E-state index in [0.29, 0.717) is 18.1 Å². The van der Waals surface area contributed by atoms with Crippen LogP contribution >= 0.6 is 0 Å². The third-order valence-corrected chi connectivity index (χ3v) is 3.58. The van der Waals surface area contributed by atoms with Gasteiger partial charge in [0.15, 0.2) is 5.82 Å². The Morgan fingerprint density at radius 2 is 1.73 bits per heavy atom. The van der Waals surface area contributed by atoms with E-state index in [9.17, 15) is 0 Å². The van der Waals surface area contributed by atoms with Crippen LogP contribution in [-0.2, 0) is 16.1 Å². The summed E-state index contributed by atoms with van der Waals surface area (Å²) in [6.45, 7) is 8.08. The SMILES string of the molecule is CON=C(C)c1cccc(CCCON=C(C)c2nc(C)cc(C)n2)n1. The maximum absolute atomic E-state index is 5.40. The first-order valence-corrected chi connectivity index (χ1v) is 8.53. The van der Waals surface area contributed by atoms with Crippen LogP contribution in [-0.4, -0.2) is 40.1 Å². The van der Waals surface area contributed by atoms with Gasteiger partial charge in [-0.1, -0.05) is 16.4 Å². The normalized spacial score (nSPS) is 12.2. The highest BCUT2D eigenvalue weighted by Crippen LogP contribution is 2.05. The maximum atomic E-state index is 5.40. The van der Waals surface area contributed by atoms with Gasteiger partial charge in [0, 0.05) is 17.1 Å². The number of oxime groups is 2. The Morgan fingerprint density at radius 1 is 1.00 bits per heavy atom. The number of hydrogen-bond donors (Lipinski definition) is 0. The Kier molecular flexibility index (Phi) is 7.20. The molecule has 0 bridgehead atoms. The van der Waals surface area contributed by atoms with Crippen LogP contribution in [0.25, 0.3) is 0 Å². The molecule has 7 heteroatoms. The smallest absolute Gasteiger partial charge is 0.177 e. The fraction of sp³-hybridized carbons (Fsp3) is 0.421. The molecule has 0 amide bonds. The summed E-state index contributed by atoms with van der Waals surface area (Å²) in [6, 6.07) is 7.79. The summed E-state index contributed by atoms with van der Waals surface area (Å²) in [4.78, 5) is 23.5. The lowest BCUT2D eigenvalue weighted by atomic mass is 10.2. The van der Waals surface area contributed by atoms with E-state index in [1.807, 2.05) is 52.0 Å². The van der Waals surface area contributed by atoms with Crippen molar-refractivity contribution in [3.63, 3.8) is 0 Å². The topological polar surface area (TPSA) is 81.9 Å². The van der Waals surface area contributed by atoms with Crippen LogP contribution in [0.3, 0.4) is 0 Å². The molecule has 0 unspecified atom stereocenters. The molecule has 2 heterocycles. The predicted octanol–water partition coefficient (Wildman–Crippen LogP) is 3.23. The molecule has 0 saturated heterocycles. The molecule has 0 fully saturated rings. The fourth-order valence-corrected chi connectivity index (χ4v) is 2.39. The zero-order chi connectivity index (χ0) is 18.9. The standard InChI is InChI=1S/C19H25N5O2/c1-13-12-14(2)21-19(20-13)16(4)24-26-11-7-9-17-8-6-10-18(22-17)15(3)23-25-5/h6,8,10,12H,7,9,11H2,1-5H3. The van der Waals surface area contributed by atoms with Crippen molar-refractivity contribution in [3.05, 3.63) is 52.9 Å². The molecule has 0 N–H and O–H groups in total. The molecule has 7 nitrogen and oxygen atoms in total. The number of pyridine rings is 1. The minimum Gasteiger partial charge on any atom is -0.399 e. The molecule has 0 saturated carbocycles. The van der Waals surface area contributed by atoms with E-state index in [1.54, 1.807) is 0 Å². The first-order valence-electron chi connectivity index (χ1n) is 8.53. The van der Waals surface area contributed by atoms with Crippen molar-refractivity contribution in [1.82, 2.24) is 15.0 Å². The van der Waals surface area contributed by atoms with Gasteiger partial charge in [-0.15, -0.1) is 0 Å². The maximum Gasteiger partial charge on any atom is 0.177 e. The van der Waals surface area contributed by atoms with Crippen LogP contribution in [0.2, 0.25) is 0 Å². The lowest BCUT2D eigenvalue weighted by Gasteiger charge is -2.05. The van der Waals surface area contributed by atoms with Crippen molar-refractivity contribution in [2.24, 2.45) is 10.3 Å². The van der Waals surface area contributed by atoms with Crippen LogP contribution < -0.4 is 0 Å². The summed E-state index contributed by atoms with van der Waals surface area (Å²) < 4.78 is 0. The number of aryl methyl sites for hydroxylation is 3.